The SMILES string of the molecule is CC/C=C/C=C/C=C/C=C/C=C/CCCC(=O)OCC(COC(=O)CCCCCCC/C=C/CCCCCCCCC)OC(=O)CCCCCCCCCCCCCCCC. The third-order valence-corrected chi connectivity index (χ3v) is 10.8. The molecule has 0 saturated carbocycles. The molecule has 0 aromatic rings. The summed E-state index contributed by atoms with van der Waals surface area (Å²) in [7, 11) is 0. The summed E-state index contributed by atoms with van der Waals surface area (Å²) in [4.78, 5) is 37.9. The lowest BCUT2D eigenvalue weighted by Crippen LogP contribution is -2.30. The fraction of sp³-hybridized carbons (Fsp3) is 0.727. The molecule has 61 heavy (non-hydrogen) atoms. The van der Waals surface area contributed by atoms with E-state index in [1.54, 1.807) is 0 Å². The number of unbranched alkanes of at least 4 members (excludes halogenated alkanes) is 26. The number of hydrogen-bond acceptors (Lipinski definition) is 6. The third kappa shape index (κ3) is 47.7. The second-order valence-electron chi connectivity index (χ2n) is 16.8. The Morgan fingerprint density at radius 1 is 0.344 bits per heavy atom. The molecule has 0 aromatic carbocycles. The maximum Gasteiger partial charge on any atom is 0.306 e. The van der Waals surface area contributed by atoms with Gasteiger partial charge in [-0.05, 0) is 57.8 Å². The highest BCUT2D eigenvalue weighted by atomic mass is 16.6. The number of rotatable bonds is 45. The molecule has 0 aliphatic carbocycles. The van der Waals surface area contributed by atoms with Gasteiger partial charge in [0.05, 0.1) is 0 Å². The molecule has 0 amide bonds. The van der Waals surface area contributed by atoms with E-state index in [2.05, 4.69) is 39.0 Å². The fourth-order valence-corrected chi connectivity index (χ4v) is 7.00. The summed E-state index contributed by atoms with van der Waals surface area (Å²) in [5.74, 6) is -0.982. The Labute approximate surface area is 376 Å². The van der Waals surface area contributed by atoms with Gasteiger partial charge in [-0.15, -0.1) is 0 Å². The molecular weight excluding hydrogens is 757 g/mol. The Morgan fingerprint density at radius 2 is 0.672 bits per heavy atom. The van der Waals surface area contributed by atoms with E-state index in [4.69, 9.17) is 14.2 Å². The molecule has 0 saturated heterocycles. The lowest BCUT2D eigenvalue weighted by Gasteiger charge is -2.18. The molecule has 1 unspecified atom stereocenters. The summed E-state index contributed by atoms with van der Waals surface area (Å²) in [6.07, 6.45) is 61.8. The maximum absolute atomic E-state index is 12.8. The van der Waals surface area contributed by atoms with Crippen LogP contribution in [0.25, 0.3) is 0 Å². The van der Waals surface area contributed by atoms with Gasteiger partial charge in [-0.1, -0.05) is 235 Å². The number of allylic oxidation sites excluding steroid dienone is 12. The van der Waals surface area contributed by atoms with Crippen LogP contribution < -0.4 is 0 Å². The second kappa shape index (κ2) is 49.5. The van der Waals surface area contributed by atoms with Crippen LogP contribution in [-0.2, 0) is 28.6 Å². The van der Waals surface area contributed by atoms with Gasteiger partial charge in [0.1, 0.15) is 13.2 Å². The molecule has 0 aromatic heterocycles. The first-order chi connectivity index (χ1) is 30.0. The van der Waals surface area contributed by atoms with Gasteiger partial charge in [0.15, 0.2) is 6.10 Å². The van der Waals surface area contributed by atoms with Gasteiger partial charge in [0, 0.05) is 19.3 Å². The Bertz CT molecular complexity index is 1160. The molecule has 0 aliphatic rings. The topological polar surface area (TPSA) is 78.9 Å². The molecule has 6 nitrogen and oxygen atoms in total. The van der Waals surface area contributed by atoms with Gasteiger partial charge in [-0.3, -0.25) is 14.4 Å². The van der Waals surface area contributed by atoms with E-state index >= 15 is 0 Å². The number of carbonyl (C=O) groups excluding carboxylic acids is 3. The Kier molecular flexibility index (Phi) is 46.9. The van der Waals surface area contributed by atoms with Crippen molar-refractivity contribution < 1.29 is 28.6 Å². The van der Waals surface area contributed by atoms with Gasteiger partial charge < -0.3 is 14.2 Å². The summed E-state index contributed by atoms with van der Waals surface area (Å²) in [6.45, 7) is 6.42. The molecule has 0 bridgehead atoms. The van der Waals surface area contributed by atoms with Gasteiger partial charge >= 0.3 is 17.9 Å². The normalized spacial score (nSPS) is 12.6. The standard InChI is InChI=1S/C55H94O6/c1-4-7-10-13-16-19-22-25-27-28-31-33-36-39-42-45-48-54(57)60-51-52(50-59-53(56)47-44-41-38-35-32-29-24-21-18-15-12-9-6-3)61-55(58)49-46-43-40-37-34-30-26-23-20-17-14-11-8-5-2/h9,12,15,18,21,24,27-29,32,35,38,52H,4-8,10-11,13-14,16-17,19-20,22-23,25-26,30-31,33-34,36-37,39-51H2,1-3H3/b12-9+,18-15+,24-21+,28-27+,32-29+,38-35+. The van der Waals surface area contributed by atoms with Crippen LogP contribution in [0.3, 0.4) is 0 Å². The van der Waals surface area contributed by atoms with E-state index < -0.39 is 6.10 Å². The highest BCUT2D eigenvalue weighted by molar-refractivity contribution is 5.71. The molecule has 0 radical (unpaired) electrons. The van der Waals surface area contributed by atoms with Crippen molar-refractivity contribution in [2.45, 2.75) is 245 Å². The van der Waals surface area contributed by atoms with Crippen molar-refractivity contribution in [3.05, 3.63) is 72.9 Å². The van der Waals surface area contributed by atoms with Crippen LogP contribution in [0.2, 0.25) is 0 Å². The van der Waals surface area contributed by atoms with Crippen molar-refractivity contribution in [1.29, 1.82) is 0 Å². The average molecular weight is 851 g/mol. The van der Waals surface area contributed by atoms with Crippen molar-refractivity contribution in [2.75, 3.05) is 13.2 Å². The van der Waals surface area contributed by atoms with E-state index in [1.807, 2.05) is 54.7 Å². The monoisotopic (exact) mass is 851 g/mol. The first-order valence-corrected chi connectivity index (χ1v) is 25.5. The smallest absolute Gasteiger partial charge is 0.306 e. The lowest BCUT2D eigenvalue weighted by atomic mass is 10.0. The van der Waals surface area contributed by atoms with Crippen LogP contribution in [0.4, 0.5) is 0 Å². The molecule has 0 N–H and O–H groups in total. The summed E-state index contributed by atoms with van der Waals surface area (Å²) in [6, 6.07) is 0. The number of hydrogen-bond donors (Lipinski definition) is 0. The van der Waals surface area contributed by atoms with E-state index in [1.165, 1.54) is 135 Å². The van der Waals surface area contributed by atoms with Crippen LogP contribution in [0.15, 0.2) is 72.9 Å². The van der Waals surface area contributed by atoms with E-state index in [0.29, 0.717) is 19.3 Å². The quantitative estimate of drug-likeness (QED) is 0.0200. The molecule has 0 heterocycles. The van der Waals surface area contributed by atoms with Crippen molar-refractivity contribution in [3.63, 3.8) is 0 Å². The molecule has 0 aliphatic heterocycles. The molecular formula is C55H94O6. The Hall–Kier alpha value is -3.15. The minimum Gasteiger partial charge on any atom is -0.462 e. The summed E-state index contributed by atoms with van der Waals surface area (Å²) in [5.41, 5.74) is 0. The largest absolute Gasteiger partial charge is 0.462 e. The Morgan fingerprint density at radius 3 is 1.10 bits per heavy atom. The first-order valence-electron chi connectivity index (χ1n) is 25.5. The maximum atomic E-state index is 12.8. The summed E-state index contributed by atoms with van der Waals surface area (Å²) < 4.78 is 16.7. The number of carbonyl (C=O) groups is 3. The molecule has 0 fully saturated rings. The van der Waals surface area contributed by atoms with E-state index in [0.717, 1.165) is 57.8 Å². The minimum atomic E-state index is -0.804. The van der Waals surface area contributed by atoms with Gasteiger partial charge in [-0.25, -0.2) is 0 Å². The van der Waals surface area contributed by atoms with E-state index in [9.17, 15) is 14.4 Å². The predicted octanol–water partition coefficient (Wildman–Crippen LogP) is 16.6. The lowest BCUT2D eigenvalue weighted by molar-refractivity contribution is -0.167. The number of ether oxygens (including phenoxy) is 3. The third-order valence-electron chi connectivity index (χ3n) is 10.8. The van der Waals surface area contributed by atoms with Crippen molar-refractivity contribution in [1.82, 2.24) is 0 Å². The van der Waals surface area contributed by atoms with E-state index in [-0.39, 0.29) is 37.5 Å². The molecule has 6 heteroatoms. The minimum absolute atomic E-state index is 0.101. The van der Waals surface area contributed by atoms with Crippen molar-refractivity contribution >= 4 is 17.9 Å². The van der Waals surface area contributed by atoms with Gasteiger partial charge in [-0.2, -0.15) is 0 Å². The van der Waals surface area contributed by atoms with Crippen LogP contribution in [0.5, 0.6) is 0 Å². The zero-order valence-corrected chi connectivity index (χ0v) is 39.9. The zero-order valence-electron chi connectivity index (χ0n) is 39.9. The first kappa shape index (κ1) is 57.9. The molecule has 0 spiro atoms. The molecule has 1 atom stereocenters. The van der Waals surface area contributed by atoms with Crippen molar-refractivity contribution in [3.8, 4) is 0 Å². The fourth-order valence-electron chi connectivity index (χ4n) is 7.00. The molecule has 350 valence electrons. The van der Waals surface area contributed by atoms with Gasteiger partial charge in [0.2, 0.25) is 0 Å². The second-order valence-corrected chi connectivity index (χ2v) is 16.8. The predicted molar refractivity (Wildman–Crippen MR) is 261 cm³/mol. The number of esters is 3. The average Bonchev–Trinajstić information content (AvgIpc) is 3.26. The van der Waals surface area contributed by atoms with Crippen molar-refractivity contribution in [2.24, 2.45) is 0 Å². The van der Waals surface area contributed by atoms with Crippen LogP contribution in [-0.4, -0.2) is 37.2 Å². The van der Waals surface area contributed by atoms with Crippen LogP contribution in [0.1, 0.15) is 239 Å². The zero-order chi connectivity index (χ0) is 44.4. The van der Waals surface area contributed by atoms with Crippen LogP contribution in [0, 0.1) is 0 Å². The highest BCUT2D eigenvalue weighted by Crippen LogP contribution is 2.15. The molecule has 0 rings (SSSR count). The van der Waals surface area contributed by atoms with Crippen LogP contribution >= 0.6 is 0 Å². The Balaban J connectivity index is 4.47. The summed E-state index contributed by atoms with van der Waals surface area (Å²) >= 11 is 0. The highest BCUT2D eigenvalue weighted by Gasteiger charge is 2.19. The summed E-state index contributed by atoms with van der Waals surface area (Å²) in [5, 5.41) is 0. The van der Waals surface area contributed by atoms with Gasteiger partial charge in [0.25, 0.3) is 0 Å².